The molecule has 0 aliphatic carbocycles. The van der Waals surface area contributed by atoms with Crippen molar-refractivity contribution in [2.45, 2.75) is 6.92 Å². The van der Waals surface area contributed by atoms with Crippen LogP contribution in [0.2, 0.25) is 0 Å². The van der Waals surface area contributed by atoms with E-state index in [1.165, 1.54) is 17.8 Å². The lowest BCUT2D eigenvalue weighted by Gasteiger charge is -2.07. The minimum absolute atomic E-state index is 0.0781. The first-order valence-electron chi connectivity index (χ1n) is 5.87. The van der Waals surface area contributed by atoms with Gasteiger partial charge in [0.2, 0.25) is 0 Å². The summed E-state index contributed by atoms with van der Waals surface area (Å²) in [5, 5.41) is 13.1. The average molecular weight is 255 g/mol. The Morgan fingerprint density at radius 3 is 2.89 bits per heavy atom. The molecule has 0 aliphatic rings. The predicted molar refractivity (Wildman–Crippen MR) is 70.8 cm³/mol. The molecule has 0 aliphatic heterocycles. The number of nitriles is 1. The van der Waals surface area contributed by atoms with Crippen LogP contribution in [0.4, 0.5) is 0 Å². The zero-order chi connectivity index (χ0) is 13.8. The van der Waals surface area contributed by atoms with Gasteiger partial charge in [-0.3, -0.25) is 4.79 Å². The van der Waals surface area contributed by atoms with Crippen molar-refractivity contribution in [2.75, 3.05) is 6.61 Å². The van der Waals surface area contributed by atoms with Crippen molar-refractivity contribution in [1.29, 1.82) is 5.26 Å². The summed E-state index contributed by atoms with van der Waals surface area (Å²) in [5.74, 6) is 0.731. The maximum Gasteiger partial charge on any atom is 0.284 e. The van der Waals surface area contributed by atoms with Crippen molar-refractivity contribution < 1.29 is 4.74 Å². The number of hydrogen-bond donors (Lipinski definition) is 0. The second-order valence-corrected chi connectivity index (χ2v) is 3.94. The molecule has 0 unspecified atom stereocenters. The van der Waals surface area contributed by atoms with Gasteiger partial charge in [-0.05, 0) is 25.1 Å². The van der Waals surface area contributed by atoms with Gasteiger partial charge in [0, 0.05) is 12.6 Å². The van der Waals surface area contributed by atoms with Crippen LogP contribution < -0.4 is 10.3 Å². The molecule has 1 aromatic heterocycles. The van der Waals surface area contributed by atoms with E-state index < -0.39 is 5.56 Å². The summed E-state index contributed by atoms with van der Waals surface area (Å²) in [6.45, 7) is 2.48. The Kier molecular flexibility index (Phi) is 3.62. The third kappa shape index (κ3) is 2.63. The summed E-state index contributed by atoms with van der Waals surface area (Å²) < 4.78 is 6.59. The molecular weight excluding hydrogens is 242 g/mol. The molecule has 0 spiro atoms. The van der Waals surface area contributed by atoms with E-state index >= 15 is 0 Å². The van der Waals surface area contributed by atoms with Crippen molar-refractivity contribution in [3.63, 3.8) is 0 Å². The number of ether oxygens (including phenoxy) is 1. The van der Waals surface area contributed by atoms with Crippen LogP contribution in [-0.2, 0) is 7.05 Å². The molecule has 0 bridgehead atoms. The summed E-state index contributed by atoms with van der Waals surface area (Å²) in [5.41, 5.74) is 1.06. The van der Waals surface area contributed by atoms with E-state index in [0.717, 1.165) is 11.3 Å². The Morgan fingerprint density at radius 2 is 2.21 bits per heavy atom. The highest BCUT2D eigenvalue weighted by molar-refractivity contribution is 5.62. The van der Waals surface area contributed by atoms with Gasteiger partial charge in [0.05, 0.1) is 12.3 Å². The Labute approximate surface area is 110 Å². The van der Waals surface area contributed by atoms with Crippen LogP contribution in [0.5, 0.6) is 5.75 Å². The maximum absolute atomic E-state index is 11.6. The van der Waals surface area contributed by atoms with Gasteiger partial charge in [-0.2, -0.15) is 10.4 Å². The van der Waals surface area contributed by atoms with E-state index in [2.05, 4.69) is 5.10 Å². The van der Waals surface area contributed by atoms with E-state index in [1.807, 2.05) is 37.3 Å². The summed E-state index contributed by atoms with van der Waals surface area (Å²) in [4.78, 5) is 11.6. The van der Waals surface area contributed by atoms with Crippen molar-refractivity contribution >= 4 is 0 Å². The molecule has 0 amide bonds. The summed E-state index contributed by atoms with van der Waals surface area (Å²) >= 11 is 0. The highest BCUT2D eigenvalue weighted by Gasteiger charge is 2.08. The molecule has 2 aromatic rings. The van der Waals surface area contributed by atoms with Crippen LogP contribution >= 0.6 is 0 Å². The molecule has 5 nitrogen and oxygen atoms in total. The van der Waals surface area contributed by atoms with Crippen molar-refractivity contribution in [3.05, 3.63) is 46.2 Å². The number of hydrogen-bond acceptors (Lipinski definition) is 4. The Bertz CT molecular complexity index is 699. The van der Waals surface area contributed by atoms with Gasteiger partial charge < -0.3 is 4.74 Å². The first-order chi connectivity index (χ1) is 9.15. The van der Waals surface area contributed by atoms with E-state index in [9.17, 15) is 4.79 Å². The summed E-state index contributed by atoms with van der Waals surface area (Å²) in [6, 6.07) is 10.8. The summed E-state index contributed by atoms with van der Waals surface area (Å²) in [6.07, 6.45) is 0. The molecule has 0 radical (unpaired) electrons. The first-order valence-corrected chi connectivity index (χ1v) is 5.87. The maximum atomic E-state index is 11.6. The topological polar surface area (TPSA) is 67.9 Å². The zero-order valence-electron chi connectivity index (χ0n) is 10.8. The fraction of sp³-hybridized carbons (Fsp3) is 0.214. The molecule has 1 heterocycles. The van der Waals surface area contributed by atoms with Gasteiger partial charge in [0.15, 0.2) is 0 Å². The molecular formula is C14H13N3O2. The molecule has 0 N–H and O–H groups in total. The Hall–Kier alpha value is -2.61. The van der Waals surface area contributed by atoms with Gasteiger partial charge in [0.1, 0.15) is 17.4 Å². The zero-order valence-corrected chi connectivity index (χ0v) is 10.8. The molecule has 0 fully saturated rings. The number of rotatable bonds is 3. The second kappa shape index (κ2) is 5.36. The number of aryl methyl sites for hydroxylation is 1. The molecule has 96 valence electrons. The highest BCUT2D eigenvalue weighted by Crippen LogP contribution is 2.22. The Morgan fingerprint density at radius 1 is 1.42 bits per heavy atom. The lowest BCUT2D eigenvalue weighted by Crippen LogP contribution is -2.22. The van der Waals surface area contributed by atoms with E-state index in [-0.39, 0.29) is 5.56 Å². The largest absolute Gasteiger partial charge is 0.494 e. The molecule has 0 atom stereocenters. The van der Waals surface area contributed by atoms with Crippen LogP contribution in [0, 0.1) is 11.3 Å². The molecule has 5 heteroatoms. The quantitative estimate of drug-likeness (QED) is 0.837. The number of benzene rings is 1. The van der Waals surface area contributed by atoms with Gasteiger partial charge in [-0.25, -0.2) is 4.68 Å². The monoisotopic (exact) mass is 255 g/mol. The van der Waals surface area contributed by atoms with Gasteiger partial charge in [0.25, 0.3) is 5.56 Å². The average Bonchev–Trinajstić information content (AvgIpc) is 2.42. The van der Waals surface area contributed by atoms with Crippen molar-refractivity contribution in [1.82, 2.24) is 9.78 Å². The van der Waals surface area contributed by atoms with Crippen molar-refractivity contribution in [3.8, 4) is 23.1 Å². The molecule has 2 rings (SSSR count). The minimum atomic E-state index is -0.396. The third-order valence-corrected chi connectivity index (χ3v) is 2.62. The summed E-state index contributed by atoms with van der Waals surface area (Å²) in [7, 11) is 1.53. The number of nitrogens with zero attached hydrogens (tertiary/aromatic N) is 3. The lowest BCUT2D eigenvalue weighted by atomic mass is 10.1. The van der Waals surface area contributed by atoms with Crippen LogP contribution in [0.25, 0.3) is 11.3 Å². The fourth-order valence-electron chi connectivity index (χ4n) is 1.74. The van der Waals surface area contributed by atoms with Gasteiger partial charge >= 0.3 is 0 Å². The fourth-order valence-corrected chi connectivity index (χ4v) is 1.74. The normalized spacial score (nSPS) is 9.95. The Balaban J connectivity index is 2.53. The number of aromatic nitrogens is 2. The molecule has 19 heavy (non-hydrogen) atoms. The van der Waals surface area contributed by atoms with E-state index in [1.54, 1.807) is 0 Å². The van der Waals surface area contributed by atoms with Gasteiger partial charge in [-0.15, -0.1) is 0 Å². The van der Waals surface area contributed by atoms with E-state index in [0.29, 0.717) is 12.3 Å². The van der Waals surface area contributed by atoms with Crippen LogP contribution in [0.1, 0.15) is 12.5 Å². The molecule has 0 saturated heterocycles. The van der Waals surface area contributed by atoms with Crippen LogP contribution in [0.3, 0.4) is 0 Å². The standard InChI is InChI=1S/C14H13N3O2/c1-3-19-12-6-4-5-10(7-12)13-8-11(9-15)14(18)17(2)16-13/h4-8H,3H2,1-2H3. The second-order valence-electron chi connectivity index (χ2n) is 3.94. The molecule has 1 aromatic carbocycles. The SMILES string of the molecule is CCOc1cccc(-c2cc(C#N)c(=O)n(C)n2)c1. The van der Waals surface area contributed by atoms with Crippen LogP contribution in [0.15, 0.2) is 35.1 Å². The minimum Gasteiger partial charge on any atom is -0.494 e. The smallest absolute Gasteiger partial charge is 0.284 e. The highest BCUT2D eigenvalue weighted by atomic mass is 16.5. The molecule has 0 saturated carbocycles. The van der Waals surface area contributed by atoms with E-state index in [4.69, 9.17) is 10.00 Å². The van der Waals surface area contributed by atoms with Gasteiger partial charge in [-0.1, -0.05) is 12.1 Å². The van der Waals surface area contributed by atoms with Crippen LogP contribution in [-0.4, -0.2) is 16.4 Å². The predicted octanol–water partition coefficient (Wildman–Crippen LogP) is 1.72. The van der Waals surface area contributed by atoms with Crippen molar-refractivity contribution in [2.24, 2.45) is 7.05 Å². The first kappa shape index (κ1) is 12.8. The third-order valence-electron chi connectivity index (χ3n) is 2.62. The lowest BCUT2D eigenvalue weighted by molar-refractivity contribution is 0.340.